The third-order valence-electron chi connectivity index (χ3n) is 3.33. The number of nitrogens with zero attached hydrogens (tertiary/aromatic N) is 3. The highest BCUT2D eigenvalue weighted by Gasteiger charge is 2.09. The molecular weight excluding hydrogens is 246 g/mol. The van der Waals surface area contributed by atoms with Crippen molar-refractivity contribution in [3.05, 3.63) is 66.4 Å². The Morgan fingerprint density at radius 3 is 2.75 bits per heavy atom. The number of rotatable bonds is 2. The molecule has 0 spiro atoms. The van der Waals surface area contributed by atoms with Gasteiger partial charge in [-0.05, 0) is 29.7 Å². The fraction of sp³-hybridized carbons (Fsp3) is 0.0588. The Morgan fingerprint density at radius 2 is 1.90 bits per heavy atom. The molecule has 3 aromatic rings. The zero-order chi connectivity index (χ0) is 13.9. The lowest BCUT2D eigenvalue weighted by Gasteiger charge is -2.20. The minimum absolute atomic E-state index is 0.648. The number of benzene rings is 2. The lowest BCUT2D eigenvalue weighted by molar-refractivity contribution is 1.14. The van der Waals surface area contributed by atoms with Gasteiger partial charge in [0, 0.05) is 24.3 Å². The molecule has 2 aromatic carbocycles. The number of aromatic nitrogens is 1. The van der Waals surface area contributed by atoms with Gasteiger partial charge in [0.1, 0.15) is 5.82 Å². The molecular formula is C17H13N3. The van der Waals surface area contributed by atoms with Crippen molar-refractivity contribution < 1.29 is 0 Å². The summed E-state index contributed by atoms with van der Waals surface area (Å²) in [6.45, 7) is 0. The van der Waals surface area contributed by atoms with E-state index in [9.17, 15) is 0 Å². The maximum absolute atomic E-state index is 9.00. The van der Waals surface area contributed by atoms with E-state index in [1.807, 2.05) is 54.5 Å². The van der Waals surface area contributed by atoms with Crippen LogP contribution in [0.1, 0.15) is 5.56 Å². The van der Waals surface area contributed by atoms with E-state index in [1.54, 1.807) is 6.07 Å². The molecule has 3 nitrogen and oxygen atoms in total. The highest BCUT2D eigenvalue weighted by molar-refractivity contribution is 5.93. The van der Waals surface area contributed by atoms with Crippen LogP contribution in [-0.2, 0) is 0 Å². The minimum atomic E-state index is 0.648. The largest absolute Gasteiger partial charge is 0.329 e. The van der Waals surface area contributed by atoms with Crippen molar-refractivity contribution in [2.24, 2.45) is 0 Å². The third-order valence-corrected chi connectivity index (χ3v) is 3.33. The Bertz CT molecular complexity index is 797. The van der Waals surface area contributed by atoms with Crippen molar-refractivity contribution in [3.8, 4) is 6.07 Å². The molecule has 3 heteroatoms. The molecule has 0 radical (unpaired) electrons. The van der Waals surface area contributed by atoms with E-state index in [-0.39, 0.29) is 0 Å². The Kier molecular flexibility index (Phi) is 3.06. The van der Waals surface area contributed by atoms with Crippen LogP contribution in [0, 0.1) is 11.3 Å². The van der Waals surface area contributed by atoms with Gasteiger partial charge in [0.2, 0.25) is 0 Å². The smallest absolute Gasteiger partial charge is 0.140 e. The Labute approximate surface area is 117 Å². The predicted molar refractivity (Wildman–Crippen MR) is 81.0 cm³/mol. The number of hydrogen-bond acceptors (Lipinski definition) is 3. The standard InChI is InChI=1S/C17H13N3/c1-20(15-7-4-5-13(11-15)12-18)17-16-8-3-2-6-14(16)9-10-19-17/h2-11H,1H3. The van der Waals surface area contributed by atoms with Crippen molar-refractivity contribution >= 4 is 22.3 Å². The third kappa shape index (κ3) is 2.08. The van der Waals surface area contributed by atoms with Crippen molar-refractivity contribution in [1.82, 2.24) is 4.98 Å². The van der Waals surface area contributed by atoms with Crippen LogP contribution in [0.4, 0.5) is 11.5 Å². The van der Waals surface area contributed by atoms with Crippen LogP contribution in [0.2, 0.25) is 0 Å². The number of fused-ring (bicyclic) bond motifs is 1. The molecule has 0 saturated carbocycles. The molecule has 20 heavy (non-hydrogen) atoms. The molecule has 0 fully saturated rings. The van der Waals surface area contributed by atoms with Gasteiger partial charge in [-0.1, -0.05) is 30.3 Å². The number of pyridine rings is 1. The maximum Gasteiger partial charge on any atom is 0.140 e. The minimum Gasteiger partial charge on any atom is -0.329 e. The lowest BCUT2D eigenvalue weighted by Crippen LogP contribution is -2.11. The number of anilines is 2. The molecule has 0 atom stereocenters. The summed E-state index contributed by atoms with van der Waals surface area (Å²) in [5, 5.41) is 11.3. The second-order valence-corrected chi connectivity index (χ2v) is 4.58. The fourth-order valence-electron chi connectivity index (χ4n) is 2.28. The van der Waals surface area contributed by atoms with Crippen LogP contribution in [0.3, 0.4) is 0 Å². The molecule has 0 aliphatic carbocycles. The van der Waals surface area contributed by atoms with Crippen LogP contribution in [0.25, 0.3) is 10.8 Å². The highest BCUT2D eigenvalue weighted by Crippen LogP contribution is 2.28. The second kappa shape index (κ2) is 5.02. The monoisotopic (exact) mass is 259 g/mol. The molecule has 1 aromatic heterocycles. The van der Waals surface area contributed by atoms with Crippen molar-refractivity contribution in [2.75, 3.05) is 11.9 Å². The molecule has 0 N–H and O–H groups in total. The van der Waals surface area contributed by atoms with Crippen molar-refractivity contribution in [2.45, 2.75) is 0 Å². The molecule has 0 amide bonds. The van der Waals surface area contributed by atoms with E-state index in [0.29, 0.717) is 5.56 Å². The summed E-state index contributed by atoms with van der Waals surface area (Å²) < 4.78 is 0. The molecule has 0 unspecified atom stereocenters. The second-order valence-electron chi connectivity index (χ2n) is 4.58. The first-order valence-electron chi connectivity index (χ1n) is 6.37. The first kappa shape index (κ1) is 12.2. The van der Waals surface area contributed by atoms with Gasteiger partial charge in [-0.25, -0.2) is 4.98 Å². The number of nitriles is 1. The lowest BCUT2D eigenvalue weighted by atomic mass is 10.1. The van der Waals surface area contributed by atoms with E-state index in [1.165, 1.54) is 0 Å². The van der Waals surface area contributed by atoms with Crippen LogP contribution < -0.4 is 4.90 Å². The average molecular weight is 259 g/mol. The molecule has 96 valence electrons. The van der Waals surface area contributed by atoms with Gasteiger partial charge in [-0.3, -0.25) is 0 Å². The van der Waals surface area contributed by atoms with Gasteiger partial charge >= 0.3 is 0 Å². The summed E-state index contributed by atoms with van der Waals surface area (Å²) >= 11 is 0. The van der Waals surface area contributed by atoms with Crippen LogP contribution in [0.5, 0.6) is 0 Å². The summed E-state index contributed by atoms with van der Waals surface area (Å²) in [5.41, 5.74) is 1.60. The first-order chi connectivity index (χ1) is 9.79. The van der Waals surface area contributed by atoms with Gasteiger partial charge in [0.05, 0.1) is 11.6 Å². The van der Waals surface area contributed by atoms with Crippen LogP contribution in [0.15, 0.2) is 60.8 Å². The summed E-state index contributed by atoms with van der Waals surface area (Å²) in [6.07, 6.45) is 1.81. The van der Waals surface area contributed by atoms with E-state index in [0.717, 1.165) is 22.3 Å². The fourth-order valence-corrected chi connectivity index (χ4v) is 2.28. The van der Waals surface area contributed by atoms with Gasteiger partial charge in [-0.15, -0.1) is 0 Å². The van der Waals surface area contributed by atoms with Crippen LogP contribution >= 0.6 is 0 Å². The van der Waals surface area contributed by atoms with E-state index < -0.39 is 0 Å². The van der Waals surface area contributed by atoms with Gasteiger partial charge in [0.15, 0.2) is 0 Å². The SMILES string of the molecule is CN(c1cccc(C#N)c1)c1nccc2ccccc12. The first-order valence-corrected chi connectivity index (χ1v) is 6.37. The van der Waals surface area contributed by atoms with Crippen LogP contribution in [-0.4, -0.2) is 12.0 Å². The van der Waals surface area contributed by atoms with E-state index in [4.69, 9.17) is 5.26 Å². The topological polar surface area (TPSA) is 39.9 Å². The van der Waals surface area contributed by atoms with E-state index in [2.05, 4.69) is 23.2 Å². The van der Waals surface area contributed by atoms with E-state index >= 15 is 0 Å². The predicted octanol–water partition coefficient (Wildman–Crippen LogP) is 3.87. The highest BCUT2D eigenvalue weighted by atomic mass is 15.2. The van der Waals surface area contributed by atoms with Crippen molar-refractivity contribution in [3.63, 3.8) is 0 Å². The molecule has 0 saturated heterocycles. The molecule has 0 bridgehead atoms. The normalized spacial score (nSPS) is 10.2. The molecule has 0 aliphatic heterocycles. The van der Waals surface area contributed by atoms with Gasteiger partial charge in [-0.2, -0.15) is 5.26 Å². The molecule has 3 rings (SSSR count). The Hall–Kier alpha value is -2.86. The summed E-state index contributed by atoms with van der Waals surface area (Å²) in [4.78, 5) is 6.48. The number of hydrogen-bond donors (Lipinski definition) is 0. The zero-order valence-corrected chi connectivity index (χ0v) is 11.1. The Balaban J connectivity index is 2.13. The average Bonchev–Trinajstić information content (AvgIpc) is 2.53. The molecule has 1 heterocycles. The van der Waals surface area contributed by atoms with Gasteiger partial charge < -0.3 is 4.90 Å². The Morgan fingerprint density at radius 1 is 1.05 bits per heavy atom. The zero-order valence-electron chi connectivity index (χ0n) is 11.1. The summed E-state index contributed by atoms with van der Waals surface area (Å²) in [6, 6.07) is 19.8. The summed E-state index contributed by atoms with van der Waals surface area (Å²) in [7, 11) is 1.96. The van der Waals surface area contributed by atoms with Gasteiger partial charge in [0.25, 0.3) is 0 Å². The molecule has 0 aliphatic rings. The summed E-state index contributed by atoms with van der Waals surface area (Å²) in [5.74, 6) is 0.887. The quantitative estimate of drug-likeness (QED) is 0.701. The maximum atomic E-state index is 9.00. The van der Waals surface area contributed by atoms with Crippen molar-refractivity contribution in [1.29, 1.82) is 5.26 Å².